The molecule has 0 aliphatic carbocycles. The van der Waals surface area contributed by atoms with Crippen LogP contribution in [0.1, 0.15) is 37.1 Å². The van der Waals surface area contributed by atoms with Crippen LogP contribution in [-0.4, -0.2) is 41.1 Å². The van der Waals surface area contributed by atoms with Gasteiger partial charge in [-0.25, -0.2) is 0 Å². The molecular formula is C24H28N4O2. The fraction of sp³-hybridized carbons (Fsp3) is 0.375. The predicted molar refractivity (Wildman–Crippen MR) is 117 cm³/mol. The zero-order chi connectivity index (χ0) is 20.8. The van der Waals surface area contributed by atoms with Crippen molar-refractivity contribution in [3.63, 3.8) is 0 Å². The summed E-state index contributed by atoms with van der Waals surface area (Å²) in [7, 11) is 1.84. The molecule has 1 amide bonds. The van der Waals surface area contributed by atoms with Crippen LogP contribution in [0.5, 0.6) is 0 Å². The molecule has 3 aromatic rings. The number of rotatable bonds is 7. The highest BCUT2D eigenvalue weighted by molar-refractivity contribution is 5.76. The van der Waals surface area contributed by atoms with Gasteiger partial charge in [0.2, 0.25) is 17.7 Å². The number of nitrogens with zero attached hydrogens (tertiary/aromatic N) is 4. The highest BCUT2D eigenvalue weighted by atomic mass is 16.4. The molecule has 1 fully saturated rings. The zero-order valence-electron chi connectivity index (χ0n) is 17.5. The van der Waals surface area contributed by atoms with E-state index in [1.807, 2.05) is 37.4 Å². The highest BCUT2D eigenvalue weighted by Crippen LogP contribution is 2.21. The Bertz CT molecular complexity index is 947. The lowest BCUT2D eigenvalue weighted by Crippen LogP contribution is -2.29. The maximum absolute atomic E-state index is 12.5. The second-order valence-electron chi connectivity index (χ2n) is 7.83. The lowest BCUT2D eigenvalue weighted by molar-refractivity contribution is -0.130. The van der Waals surface area contributed by atoms with Gasteiger partial charge >= 0.3 is 0 Å². The second kappa shape index (κ2) is 9.57. The van der Waals surface area contributed by atoms with Gasteiger partial charge in [0.25, 0.3) is 0 Å². The molecule has 156 valence electrons. The van der Waals surface area contributed by atoms with Crippen molar-refractivity contribution in [2.45, 2.75) is 38.6 Å². The molecule has 0 bridgehead atoms. The number of hydrogen-bond donors (Lipinski definition) is 0. The molecule has 0 atom stereocenters. The summed E-state index contributed by atoms with van der Waals surface area (Å²) in [5, 5.41) is 8.15. The van der Waals surface area contributed by atoms with Gasteiger partial charge in [0.1, 0.15) is 0 Å². The topological polar surface area (TPSA) is 62.5 Å². The van der Waals surface area contributed by atoms with Crippen molar-refractivity contribution in [3.8, 4) is 11.5 Å². The van der Waals surface area contributed by atoms with Crippen LogP contribution in [0.15, 0.2) is 59.0 Å². The maximum atomic E-state index is 12.5. The van der Waals surface area contributed by atoms with E-state index in [0.29, 0.717) is 31.2 Å². The molecule has 1 aliphatic rings. The lowest BCUT2D eigenvalue weighted by Gasteiger charge is -2.29. The Kier molecular flexibility index (Phi) is 6.42. The SMILES string of the molecule is CN(Cc1ccc(N2CCCCC2)cc1)C(=O)CCc1nnc(-c2ccccc2)o1. The predicted octanol–water partition coefficient (Wildman–Crippen LogP) is 4.32. The van der Waals surface area contributed by atoms with E-state index in [9.17, 15) is 4.79 Å². The molecule has 0 saturated carbocycles. The summed E-state index contributed by atoms with van der Waals surface area (Å²) < 4.78 is 5.69. The third-order valence-corrected chi connectivity index (χ3v) is 5.54. The number of carbonyl (C=O) groups is 1. The number of amides is 1. The van der Waals surface area contributed by atoms with Crippen molar-refractivity contribution < 1.29 is 9.21 Å². The minimum atomic E-state index is 0.0644. The molecular weight excluding hydrogens is 376 g/mol. The van der Waals surface area contributed by atoms with Crippen LogP contribution in [0.25, 0.3) is 11.5 Å². The summed E-state index contributed by atoms with van der Waals surface area (Å²) in [5.74, 6) is 1.04. The van der Waals surface area contributed by atoms with Gasteiger partial charge in [0, 0.05) is 50.8 Å². The van der Waals surface area contributed by atoms with Gasteiger partial charge in [-0.05, 0) is 49.1 Å². The third kappa shape index (κ3) is 5.06. The Morgan fingerprint density at radius 3 is 2.47 bits per heavy atom. The number of aryl methyl sites for hydroxylation is 1. The Morgan fingerprint density at radius 1 is 1.00 bits per heavy atom. The maximum Gasteiger partial charge on any atom is 0.247 e. The van der Waals surface area contributed by atoms with Gasteiger partial charge in [-0.15, -0.1) is 10.2 Å². The van der Waals surface area contributed by atoms with E-state index >= 15 is 0 Å². The van der Waals surface area contributed by atoms with E-state index in [1.54, 1.807) is 4.90 Å². The van der Waals surface area contributed by atoms with Crippen molar-refractivity contribution >= 4 is 11.6 Å². The molecule has 0 radical (unpaired) electrons. The van der Waals surface area contributed by atoms with E-state index in [-0.39, 0.29) is 5.91 Å². The van der Waals surface area contributed by atoms with Gasteiger partial charge < -0.3 is 14.2 Å². The number of piperidine rings is 1. The first-order valence-electron chi connectivity index (χ1n) is 10.6. The Morgan fingerprint density at radius 2 is 1.73 bits per heavy atom. The van der Waals surface area contributed by atoms with Gasteiger partial charge in [0.05, 0.1) is 0 Å². The van der Waals surface area contributed by atoms with Crippen molar-refractivity contribution in [1.29, 1.82) is 0 Å². The molecule has 2 heterocycles. The van der Waals surface area contributed by atoms with Crippen LogP contribution in [0.2, 0.25) is 0 Å². The van der Waals surface area contributed by atoms with Gasteiger partial charge in [-0.1, -0.05) is 30.3 Å². The Hall–Kier alpha value is -3.15. The van der Waals surface area contributed by atoms with E-state index in [2.05, 4.69) is 39.4 Å². The van der Waals surface area contributed by atoms with E-state index < -0.39 is 0 Å². The molecule has 1 aliphatic heterocycles. The Balaban J connectivity index is 1.27. The zero-order valence-corrected chi connectivity index (χ0v) is 17.5. The summed E-state index contributed by atoms with van der Waals surface area (Å²) in [6, 6.07) is 18.2. The average Bonchev–Trinajstić information content (AvgIpc) is 3.28. The lowest BCUT2D eigenvalue weighted by atomic mass is 10.1. The summed E-state index contributed by atoms with van der Waals surface area (Å²) in [6.07, 6.45) is 4.66. The van der Waals surface area contributed by atoms with Crippen LogP contribution in [-0.2, 0) is 17.8 Å². The quantitative estimate of drug-likeness (QED) is 0.587. The van der Waals surface area contributed by atoms with Crippen molar-refractivity contribution in [2.75, 3.05) is 25.0 Å². The fourth-order valence-corrected chi connectivity index (χ4v) is 3.78. The summed E-state index contributed by atoms with van der Waals surface area (Å²) in [4.78, 5) is 16.7. The number of hydrogen-bond acceptors (Lipinski definition) is 5. The molecule has 6 nitrogen and oxygen atoms in total. The Labute approximate surface area is 177 Å². The molecule has 4 rings (SSSR count). The fourth-order valence-electron chi connectivity index (χ4n) is 3.78. The molecule has 1 aromatic heterocycles. The summed E-state index contributed by atoms with van der Waals surface area (Å²) in [5.41, 5.74) is 3.29. The molecule has 0 N–H and O–H groups in total. The number of anilines is 1. The monoisotopic (exact) mass is 404 g/mol. The highest BCUT2D eigenvalue weighted by Gasteiger charge is 2.14. The number of benzene rings is 2. The van der Waals surface area contributed by atoms with Crippen LogP contribution in [0.4, 0.5) is 5.69 Å². The van der Waals surface area contributed by atoms with Gasteiger partial charge in [-0.2, -0.15) is 0 Å². The number of carbonyl (C=O) groups excluding carboxylic acids is 1. The van der Waals surface area contributed by atoms with Crippen molar-refractivity contribution in [2.24, 2.45) is 0 Å². The van der Waals surface area contributed by atoms with Gasteiger partial charge in [-0.3, -0.25) is 4.79 Å². The molecule has 2 aromatic carbocycles. The molecule has 6 heteroatoms. The second-order valence-corrected chi connectivity index (χ2v) is 7.83. The average molecular weight is 405 g/mol. The third-order valence-electron chi connectivity index (χ3n) is 5.54. The first-order chi connectivity index (χ1) is 14.7. The van der Waals surface area contributed by atoms with E-state index in [4.69, 9.17) is 4.42 Å². The van der Waals surface area contributed by atoms with Crippen molar-refractivity contribution in [1.82, 2.24) is 15.1 Å². The van der Waals surface area contributed by atoms with Crippen LogP contribution < -0.4 is 4.90 Å². The molecule has 0 unspecified atom stereocenters. The first-order valence-corrected chi connectivity index (χ1v) is 10.6. The van der Waals surface area contributed by atoms with Gasteiger partial charge in [0.15, 0.2) is 0 Å². The van der Waals surface area contributed by atoms with E-state index in [1.165, 1.54) is 24.9 Å². The molecule has 0 spiro atoms. The van der Waals surface area contributed by atoms with Crippen LogP contribution in [0.3, 0.4) is 0 Å². The summed E-state index contributed by atoms with van der Waals surface area (Å²) >= 11 is 0. The summed E-state index contributed by atoms with van der Waals surface area (Å²) in [6.45, 7) is 2.87. The first kappa shape index (κ1) is 20.1. The van der Waals surface area contributed by atoms with Crippen LogP contribution >= 0.6 is 0 Å². The largest absolute Gasteiger partial charge is 0.421 e. The van der Waals surface area contributed by atoms with Crippen LogP contribution in [0, 0.1) is 0 Å². The van der Waals surface area contributed by atoms with Crippen molar-refractivity contribution in [3.05, 3.63) is 66.1 Å². The minimum absolute atomic E-state index is 0.0644. The number of aromatic nitrogens is 2. The minimum Gasteiger partial charge on any atom is -0.421 e. The molecule has 30 heavy (non-hydrogen) atoms. The standard InChI is InChI=1S/C24H28N4O2/c1-27(18-19-10-12-21(13-11-19)28-16-6-3-7-17-28)23(29)15-14-22-25-26-24(30-22)20-8-4-2-5-9-20/h2,4-5,8-13H,3,6-7,14-18H2,1H3. The molecule has 1 saturated heterocycles. The normalized spacial score (nSPS) is 14.0. The van der Waals surface area contributed by atoms with E-state index in [0.717, 1.165) is 24.2 Å². The smallest absolute Gasteiger partial charge is 0.247 e.